The van der Waals surface area contributed by atoms with E-state index in [4.69, 9.17) is 12.6 Å². The summed E-state index contributed by atoms with van der Waals surface area (Å²) in [7, 11) is 6.64. The Labute approximate surface area is 113 Å². The van der Waals surface area contributed by atoms with Crippen LogP contribution in [-0.4, -0.2) is 56.2 Å². The fourth-order valence-electron chi connectivity index (χ4n) is 1.98. The fraction of sp³-hybridized carbons (Fsp3) is 0.833. The van der Waals surface area contributed by atoms with Crippen molar-refractivity contribution in [2.45, 2.75) is 38.4 Å². The van der Waals surface area contributed by atoms with Crippen LogP contribution in [0.3, 0.4) is 0 Å². The van der Waals surface area contributed by atoms with E-state index in [9.17, 15) is 14.0 Å². The van der Waals surface area contributed by atoms with Crippen LogP contribution in [0, 0.1) is 5.92 Å². The normalized spacial score (nSPS) is 27.8. The van der Waals surface area contributed by atoms with Gasteiger partial charge in [-0.25, -0.2) is 4.79 Å². The zero-order chi connectivity index (χ0) is 14.8. The topological polar surface area (TPSA) is 55.8 Å². The molecule has 2 unspecified atom stereocenters. The average Bonchev–Trinajstić information content (AvgIpc) is 2.23. The fourth-order valence-corrected chi connectivity index (χ4v) is 1.98. The summed E-state index contributed by atoms with van der Waals surface area (Å²) in [6, 6.07) is 0. The molecule has 1 aliphatic heterocycles. The second-order valence-electron chi connectivity index (χ2n) is 5.82. The SMILES string of the molecule is [B]C1(F)CC(C(=O)OC)CN(C(=O)OC(C)(C)C)C1. The maximum absolute atomic E-state index is 14.0. The first-order valence-electron chi connectivity index (χ1n) is 6.07. The number of methoxy groups -OCH3 is 1. The van der Waals surface area contributed by atoms with Crippen LogP contribution in [0.2, 0.25) is 0 Å². The summed E-state index contributed by atoms with van der Waals surface area (Å²) in [5.74, 6) is -1.36. The van der Waals surface area contributed by atoms with Crippen molar-refractivity contribution in [3.63, 3.8) is 0 Å². The number of piperidine rings is 1. The summed E-state index contributed by atoms with van der Waals surface area (Å²) in [5, 5.41) is 0. The second-order valence-corrected chi connectivity index (χ2v) is 5.82. The molecule has 0 bridgehead atoms. The molecule has 0 aromatic heterocycles. The van der Waals surface area contributed by atoms with Gasteiger partial charge in [0, 0.05) is 13.1 Å². The van der Waals surface area contributed by atoms with Gasteiger partial charge >= 0.3 is 12.1 Å². The summed E-state index contributed by atoms with van der Waals surface area (Å²) in [5.41, 5.74) is -2.81. The molecule has 1 fully saturated rings. The van der Waals surface area contributed by atoms with E-state index in [2.05, 4.69) is 4.74 Å². The molecule has 2 radical (unpaired) electrons. The number of nitrogens with zero attached hydrogens (tertiary/aromatic N) is 1. The molecule has 1 rings (SSSR count). The zero-order valence-electron chi connectivity index (χ0n) is 11.7. The first-order chi connectivity index (χ1) is 8.54. The van der Waals surface area contributed by atoms with Crippen LogP contribution >= 0.6 is 0 Å². The van der Waals surface area contributed by atoms with Crippen molar-refractivity contribution in [1.29, 1.82) is 0 Å². The molecular formula is C12H19BFNO4. The van der Waals surface area contributed by atoms with Crippen molar-refractivity contribution in [2.75, 3.05) is 20.2 Å². The third-order valence-electron chi connectivity index (χ3n) is 2.67. The van der Waals surface area contributed by atoms with Crippen molar-refractivity contribution >= 4 is 19.9 Å². The minimum atomic E-state index is -2.12. The van der Waals surface area contributed by atoms with Crippen LogP contribution in [-0.2, 0) is 14.3 Å². The Morgan fingerprint density at radius 2 is 2.00 bits per heavy atom. The molecule has 0 spiro atoms. The summed E-state index contributed by atoms with van der Waals surface area (Å²) < 4.78 is 23.7. The van der Waals surface area contributed by atoms with Crippen molar-refractivity contribution in [3.8, 4) is 0 Å². The lowest BCUT2D eigenvalue weighted by molar-refractivity contribution is -0.148. The molecule has 0 aliphatic carbocycles. The van der Waals surface area contributed by atoms with Crippen LogP contribution in [0.5, 0.6) is 0 Å². The van der Waals surface area contributed by atoms with E-state index >= 15 is 0 Å². The highest BCUT2D eigenvalue weighted by Gasteiger charge is 2.42. The second kappa shape index (κ2) is 5.39. The molecule has 1 aliphatic rings. The molecule has 1 amide bonds. The number of carbonyl (C=O) groups is 2. The predicted octanol–water partition coefficient (Wildman–Crippen LogP) is 1.25. The lowest BCUT2D eigenvalue weighted by Crippen LogP contribution is -2.54. The van der Waals surface area contributed by atoms with E-state index in [0.717, 1.165) is 4.90 Å². The third-order valence-corrected chi connectivity index (χ3v) is 2.67. The standard InChI is InChI=1S/C12H19BFNO4/c1-11(2,3)19-10(17)15-6-8(9(16)18-4)5-12(13,14)7-15/h8H,5-7H2,1-4H3. The van der Waals surface area contributed by atoms with Gasteiger partial charge in [-0.2, -0.15) is 0 Å². The maximum atomic E-state index is 14.0. The summed E-state index contributed by atoms with van der Waals surface area (Å²) in [4.78, 5) is 24.5. The lowest BCUT2D eigenvalue weighted by Gasteiger charge is -2.39. The van der Waals surface area contributed by atoms with Gasteiger partial charge < -0.3 is 14.4 Å². The molecule has 0 N–H and O–H groups in total. The van der Waals surface area contributed by atoms with Gasteiger partial charge in [-0.1, -0.05) is 0 Å². The van der Waals surface area contributed by atoms with E-state index < -0.39 is 29.1 Å². The Kier molecular flexibility index (Phi) is 4.48. The van der Waals surface area contributed by atoms with E-state index in [-0.39, 0.29) is 19.5 Å². The Hall–Kier alpha value is -1.27. The smallest absolute Gasteiger partial charge is 0.410 e. The van der Waals surface area contributed by atoms with Gasteiger partial charge in [-0.3, -0.25) is 9.18 Å². The molecule has 1 heterocycles. The molecular weight excluding hydrogens is 252 g/mol. The van der Waals surface area contributed by atoms with Gasteiger partial charge in [-0.15, -0.1) is 0 Å². The molecule has 7 heteroatoms. The average molecular weight is 271 g/mol. The number of hydrogen-bond acceptors (Lipinski definition) is 4. The minimum Gasteiger partial charge on any atom is -0.469 e. The Bertz CT molecular complexity index is 367. The molecule has 106 valence electrons. The number of rotatable bonds is 1. The van der Waals surface area contributed by atoms with Crippen LogP contribution < -0.4 is 0 Å². The highest BCUT2D eigenvalue weighted by Crippen LogP contribution is 2.28. The lowest BCUT2D eigenvalue weighted by atomic mass is 9.73. The van der Waals surface area contributed by atoms with E-state index in [1.807, 2.05) is 0 Å². The van der Waals surface area contributed by atoms with Gasteiger partial charge in [0.15, 0.2) is 0 Å². The maximum Gasteiger partial charge on any atom is 0.410 e. The van der Waals surface area contributed by atoms with Gasteiger partial charge in [0.25, 0.3) is 0 Å². The Morgan fingerprint density at radius 1 is 1.42 bits per heavy atom. The quantitative estimate of drug-likeness (QED) is 0.532. The number of amides is 1. The van der Waals surface area contributed by atoms with Gasteiger partial charge in [0.1, 0.15) is 13.4 Å². The highest BCUT2D eigenvalue weighted by molar-refractivity contribution is 6.15. The molecule has 0 aromatic rings. The third kappa shape index (κ3) is 4.72. The number of hydrogen-bond donors (Lipinski definition) is 0. The summed E-state index contributed by atoms with van der Waals surface area (Å²) in [6.45, 7) is 4.87. The highest BCUT2D eigenvalue weighted by atomic mass is 19.1. The van der Waals surface area contributed by atoms with Crippen LogP contribution in [0.15, 0.2) is 0 Å². The molecule has 19 heavy (non-hydrogen) atoms. The summed E-state index contributed by atoms with van der Waals surface area (Å²) in [6.07, 6.45) is -0.854. The van der Waals surface area contributed by atoms with Crippen molar-refractivity contribution in [1.82, 2.24) is 4.90 Å². The predicted molar refractivity (Wildman–Crippen MR) is 67.5 cm³/mol. The first-order valence-corrected chi connectivity index (χ1v) is 6.07. The number of ether oxygens (including phenoxy) is 2. The molecule has 0 saturated carbocycles. The van der Waals surface area contributed by atoms with E-state index in [1.54, 1.807) is 20.8 Å². The number of esters is 1. The largest absolute Gasteiger partial charge is 0.469 e. The molecule has 1 saturated heterocycles. The molecule has 0 aromatic carbocycles. The number of alkyl halides is 1. The molecule has 2 atom stereocenters. The van der Waals surface area contributed by atoms with Gasteiger partial charge in [-0.05, 0) is 27.2 Å². The van der Waals surface area contributed by atoms with Gasteiger partial charge in [0.2, 0.25) is 0 Å². The van der Waals surface area contributed by atoms with Gasteiger partial charge in [0.05, 0.1) is 18.6 Å². The summed E-state index contributed by atoms with van der Waals surface area (Å²) >= 11 is 0. The number of halogens is 1. The van der Waals surface area contributed by atoms with E-state index in [1.165, 1.54) is 7.11 Å². The van der Waals surface area contributed by atoms with E-state index in [0.29, 0.717) is 0 Å². The van der Waals surface area contributed by atoms with Crippen molar-refractivity contribution < 1.29 is 23.5 Å². The van der Waals surface area contributed by atoms with Crippen LogP contribution in [0.4, 0.5) is 9.18 Å². The van der Waals surface area contributed by atoms with Crippen molar-refractivity contribution in [2.24, 2.45) is 5.92 Å². The Morgan fingerprint density at radius 3 is 2.47 bits per heavy atom. The first kappa shape index (κ1) is 15.8. The Balaban J connectivity index is 2.78. The van der Waals surface area contributed by atoms with Crippen molar-refractivity contribution in [3.05, 3.63) is 0 Å². The van der Waals surface area contributed by atoms with Crippen LogP contribution in [0.25, 0.3) is 0 Å². The number of likely N-dealkylation sites (tertiary alicyclic amines) is 1. The zero-order valence-corrected chi connectivity index (χ0v) is 11.7. The minimum absolute atomic E-state index is 0.0461. The monoisotopic (exact) mass is 271 g/mol. The van der Waals surface area contributed by atoms with Crippen LogP contribution in [0.1, 0.15) is 27.2 Å². The number of carbonyl (C=O) groups excluding carboxylic acids is 2. The molecule has 5 nitrogen and oxygen atoms in total.